The van der Waals surface area contributed by atoms with E-state index in [1.54, 1.807) is 0 Å². The van der Waals surface area contributed by atoms with Gasteiger partial charge < -0.3 is 10.1 Å². The number of nitrogens with one attached hydrogen (secondary N) is 1. The zero-order chi connectivity index (χ0) is 11.8. The summed E-state index contributed by atoms with van der Waals surface area (Å²) in [6.07, 6.45) is 2.21. The van der Waals surface area contributed by atoms with Gasteiger partial charge in [0.2, 0.25) is 0 Å². The second-order valence-electron chi connectivity index (χ2n) is 3.92. The Balaban J connectivity index is 2.12. The molecule has 0 amide bonds. The van der Waals surface area contributed by atoms with E-state index >= 15 is 0 Å². The van der Waals surface area contributed by atoms with Gasteiger partial charge in [0.15, 0.2) is 0 Å². The standard InChI is InChI=1S/C13H20BrNO/c1-3-11(2)15-8-5-9-16-13-7-4-6-12(14)10-13/h4,6-7,10-11,15H,3,5,8-9H2,1-2H3. The van der Waals surface area contributed by atoms with Crippen LogP contribution in [0.4, 0.5) is 0 Å². The molecule has 0 heterocycles. The summed E-state index contributed by atoms with van der Waals surface area (Å²) in [5.41, 5.74) is 0. The fraction of sp³-hybridized carbons (Fsp3) is 0.538. The van der Waals surface area contributed by atoms with E-state index in [4.69, 9.17) is 4.74 Å². The molecule has 1 rings (SSSR count). The minimum Gasteiger partial charge on any atom is -0.494 e. The van der Waals surface area contributed by atoms with E-state index in [1.165, 1.54) is 6.42 Å². The molecule has 0 radical (unpaired) electrons. The third-order valence-electron chi connectivity index (χ3n) is 2.49. The van der Waals surface area contributed by atoms with Gasteiger partial charge in [0.1, 0.15) is 5.75 Å². The lowest BCUT2D eigenvalue weighted by molar-refractivity contribution is 0.305. The highest BCUT2D eigenvalue weighted by Crippen LogP contribution is 2.17. The fourth-order valence-corrected chi connectivity index (χ4v) is 1.69. The van der Waals surface area contributed by atoms with Crippen molar-refractivity contribution in [3.05, 3.63) is 28.7 Å². The van der Waals surface area contributed by atoms with Crippen LogP contribution >= 0.6 is 15.9 Å². The van der Waals surface area contributed by atoms with Gasteiger partial charge in [0, 0.05) is 10.5 Å². The summed E-state index contributed by atoms with van der Waals surface area (Å²) in [5, 5.41) is 3.44. The molecule has 0 aliphatic rings. The number of ether oxygens (including phenoxy) is 1. The van der Waals surface area contributed by atoms with Crippen molar-refractivity contribution in [1.29, 1.82) is 0 Å². The Bertz CT molecular complexity index is 304. The second-order valence-corrected chi connectivity index (χ2v) is 4.84. The van der Waals surface area contributed by atoms with Crippen molar-refractivity contribution in [2.75, 3.05) is 13.2 Å². The van der Waals surface area contributed by atoms with E-state index in [-0.39, 0.29) is 0 Å². The predicted molar refractivity (Wildman–Crippen MR) is 72.0 cm³/mol. The Hall–Kier alpha value is -0.540. The molecule has 1 unspecified atom stereocenters. The number of halogens is 1. The van der Waals surface area contributed by atoms with Gasteiger partial charge in [-0.05, 0) is 44.5 Å². The average Bonchev–Trinajstić information content (AvgIpc) is 2.28. The first kappa shape index (κ1) is 13.5. The Kier molecular flexibility index (Phi) is 6.50. The summed E-state index contributed by atoms with van der Waals surface area (Å²) >= 11 is 3.42. The van der Waals surface area contributed by atoms with Gasteiger partial charge >= 0.3 is 0 Å². The van der Waals surface area contributed by atoms with Crippen LogP contribution in [0.15, 0.2) is 28.7 Å². The summed E-state index contributed by atoms with van der Waals surface area (Å²) in [6.45, 7) is 6.17. The van der Waals surface area contributed by atoms with Gasteiger partial charge in [-0.2, -0.15) is 0 Å². The molecular formula is C13H20BrNO. The van der Waals surface area contributed by atoms with Crippen LogP contribution in [0.5, 0.6) is 5.75 Å². The molecule has 1 aromatic carbocycles. The Morgan fingerprint density at radius 1 is 1.44 bits per heavy atom. The molecule has 0 aromatic heterocycles. The van der Waals surface area contributed by atoms with Gasteiger partial charge in [-0.25, -0.2) is 0 Å². The number of benzene rings is 1. The molecule has 1 aromatic rings. The highest BCUT2D eigenvalue weighted by molar-refractivity contribution is 9.10. The molecule has 3 heteroatoms. The molecule has 16 heavy (non-hydrogen) atoms. The molecule has 0 aliphatic carbocycles. The normalized spacial score (nSPS) is 12.4. The predicted octanol–water partition coefficient (Wildman–Crippen LogP) is 3.61. The van der Waals surface area contributed by atoms with Crippen molar-refractivity contribution >= 4 is 15.9 Å². The molecule has 0 bridgehead atoms. The van der Waals surface area contributed by atoms with Crippen LogP contribution in [0.1, 0.15) is 26.7 Å². The van der Waals surface area contributed by atoms with Crippen molar-refractivity contribution in [3.8, 4) is 5.75 Å². The molecule has 0 fully saturated rings. The van der Waals surface area contributed by atoms with Crippen molar-refractivity contribution in [2.24, 2.45) is 0 Å². The van der Waals surface area contributed by atoms with Gasteiger partial charge in [-0.1, -0.05) is 28.9 Å². The number of rotatable bonds is 7. The van der Waals surface area contributed by atoms with E-state index in [9.17, 15) is 0 Å². The molecule has 0 saturated carbocycles. The minimum absolute atomic E-state index is 0.603. The first-order valence-corrected chi connectivity index (χ1v) is 6.63. The van der Waals surface area contributed by atoms with Crippen molar-refractivity contribution < 1.29 is 4.74 Å². The zero-order valence-electron chi connectivity index (χ0n) is 10.0. The summed E-state index contributed by atoms with van der Waals surface area (Å²) in [6, 6.07) is 8.55. The van der Waals surface area contributed by atoms with Gasteiger partial charge in [0.05, 0.1) is 6.61 Å². The lowest BCUT2D eigenvalue weighted by Crippen LogP contribution is -2.27. The van der Waals surface area contributed by atoms with Crippen molar-refractivity contribution in [3.63, 3.8) is 0 Å². The lowest BCUT2D eigenvalue weighted by atomic mass is 10.2. The monoisotopic (exact) mass is 285 g/mol. The largest absolute Gasteiger partial charge is 0.494 e. The summed E-state index contributed by atoms with van der Waals surface area (Å²) in [5.74, 6) is 0.929. The van der Waals surface area contributed by atoms with Crippen LogP contribution in [0.25, 0.3) is 0 Å². The van der Waals surface area contributed by atoms with E-state index in [0.717, 1.165) is 29.8 Å². The van der Waals surface area contributed by atoms with E-state index in [0.29, 0.717) is 6.04 Å². The number of hydrogen-bond acceptors (Lipinski definition) is 2. The molecule has 0 spiro atoms. The highest BCUT2D eigenvalue weighted by atomic mass is 79.9. The van der Waals surface area contributed by atoms with Crippen LogP contribution in [0.3, 0.4) is 0 Å². The van der Waals surface area contributed by atoms with Crippen LogP contribution in [-0.4, -0.2) is 19.2 Å². The smallest absolute Gasteiger partial charge is 0.120 e. The van der Waals surface area contributed by atoms with Crippen LogP contribution < -0.4 is 10.1 Å². The molecule has 1 atom stereocenters. The van der Waals surface area contributed by atoms with Crippen molar-refractivity contribution in [1.82, 2.24) is 5.32 Å². The Labute approximate surface area is 107 Å². The van der Waals surface area contributed by atoms with Gasteiger partial charge in [0.25, 0.3) is 0 Å². The molecule has 90 valence electrons. The zero-order valence-corrected chi connectivity index (χ0v) is 11.6. The quantitative estimate of drug-likeness (QED) is 0.773. The maximum Gasteiger partial charge on any atom is 0.120 e. The average molecular weight is 286 g/mol. The van der Waals surface area contributed by atoms with E-state index < -0.39 is 0 Å². The van der Waals surface area contributed by atoms with E-state index in [2.05, 4.69) is 35.1 Å². The van der Waals surface area contributed by atoms with Crippen LogP contribution in [-0.2, 0) is 0 Å². The summed E-state index contributed by atoms with van der Waals surface area (Å²) in [7, 11) is 0. The summed E-state index contributed by atoms with van der Waals surface area (Å²) in [4.78, 5) is 0. The Morgan fingerprint density at radius 3 is 2.94 bits per heavy atom. The third kappa shape index (κ3) is 5.52. The molecule has 2 nitrogen and oxygen atoms in total. The first-order valence-electron chi connectivity index (χ1n) is 5.84. The van der Waals surface area contributed by atoms with E-state index in [1.807, 2.05) is 24.3 Å². The maximum atomic E-state index is 5.63. The molecular weight excluding hydrogens is 266 g/mol. The fourth-order valence-electron chi connectivity index (χ4n) is 1.31. The first-order chi connectivity index (χ1) is 7.72. The second kappa shape index (κ2) is 7.69. The molecule has 0 aliphatic heterocycles. The van der Waals surface area contributed by atoms with Crippen molar-refractivity contribution in [2.45, 2.75) is 32.7 Å². The highest BCUT2D eigenvalue weighted by Gasteiger charge is 1.97. The lowest BCUT2D eigenvalue weighted by Gasteiger charge is -2.11. The van der Waals surface area contributed by atoms with Gasteiger partial charge in [-0.3, -0.25) is 0 Å². The minimum atomic E-state index is 0.603. The van der Waals surface area contributed by atoms with Crippen LogP contribution in [0, 0.1) is 0 Å². The molecule has 1 N–H and O–H groups in total. The summed E-state index contributed by atoms with van der Waals surface area (Å²) < 4.78 is 6.69. The van der Waals surface area contributed by atoms with Crippen LogP contribution in [0.2, 0.25) is 0 Å². The Morgan fingerprint density at radius 2 is 2.25 bits per heavy atom. The maximum absolute atomic E-state index is 5.63. The molecule has 0 saturated heterocycles. The van der Waals surface area contributed by atoms with Gasteiger partial charge in [-0.15, -0.1) is 0 Å². The topological polar surface area (TPSA) is 21.3 Å². The third-order valence-corrected chi connectivity index (χ3v) is 2.98. The number of hydrogen-bond donors (Lipinski definition) is 1. The SMILES string of the molecule is CCC(C)NCCCOc1cccc(Br)c1.